The molecule has 8 heteroatoms. The average molecular weight is 370 g/mol. The average Bonchev–Trinajstić information content (AvgIpc) is 3.02. The van der Waals surface area contributed by atoms with Crippen molar-refractivity contribution in [3.63, 3.8) is 0 Å². The summed E-state index contributed by atoms with van der Waals surface area (Å²) >= 11 is 5.27. The first-order chi connectivity index (χ1) is 12.6. The Balaban J connectivity index is 1.99. The number of para-hydroxylation sites is 1. The molecule has 0 saturated heterocycles. The lowest BCUT2D eigenvalue weighted by molar-refractivity contribution is 0.340. The monoisotopic (exact) mass is 370 g/mol. The minimum absolute atomic E-state index is 0.00802. The van der Waals surface area contributed by atoms with Gasteiger partial charge in [-0.3, -0.25) is 0 Å². The fourth-order valence-electron chi connectivity index (χ4n) is 2.41. The third-order valence-electron chi connectivity index (χ3n) is 3.62. The molecule has 0 fully saturated rings. The SMILES string of the molecule is CCOc1cccc(-c2n[nH]c(=S)n2/N=C/c2cccc(OC)c2O)c1. The summed E-state index contributed by atoms with van der Waals surface area (Å²) in [5.74, 6) is 1.65. The van der Waals surface area contributed by atoms with Crippen molar-refractivity contribution >= 4 is 18.4 Å². The zero-order chi connectivity index (χ0) is 18.5. The molecule has 2 aromatic carbocycles. The van der Waals surface area contributed by atoms with E-state index in [0.717, 1.165) is 11.3 Å². The number of hydrogen-bond donors (Lipinski definition) is 2. The van der Waals surface area contributed by atoms with Gasteiger partial charge in [0.2, 0.25) is 4.77 Å². The van der Waals surface area contributed by atoms with Gasteiger partial charge in [-0.15, -0.1) is 0 Å². The van der Waals surface area contributed by atoms with Crippen molar-refractivity contribution < 1.29 is 14.6 Å². The summed E-state index contributed by atoms with van der Waals surface area (Å²) in [6.45, 7) is 2.50. The highest BCUT2D eigenvalue weighted by atomic mass is 32.1. The number of methoxy groups -OCH3 is 1. The van der Waals surface area contributed by atoms with Crippen LogP contribution < -0.4 is 9.47 Å². The maximum absolute atomic E-state index is 10.2. The molecular formula is C18H18N4O3S. The van der Waals surface area contributed by atoms with Crippen molar-refractivity contribution in [2.24, 2.45) is 5.10 Å². The van der Waals surface area contributed by atoms with E-state index in [-0.39, 0.29) is 5.75 Å². The van der Waals surface area contributed by atoms with Gasteiger partial charge in [-0.2, -0.15) is 14.9 Å². The highest BCUT2D eigenvalue weighted by Crippen LogP contribution is 2.28. The largest absolute Gasteiger partial charge is 0.504 e. The quantitative estimate of drug-likeness (QED) is 0.511. The van der Waals surface area contributed by atoms with Crippen LogP contribution in [0.15, 0.2) is 47.6 Å². The lowest BCUT2D eigenvalue weighted by Crippen LogP contribution is -1.97. The van der Waals surface area contributed by atoms with Gasteiger partial charge in [0.15, 0.2) is 17.3 Å². The molecule has 0 spiro atoms. The summed E-state index contributed by atoms with van der Waals surface area (Å²) in [7, 11) is 1.49. The molecule has 0 amide bonds. The van der Waals surface area contributed by atoms with Gasteiger partial charge in [-0.05, 0) is 43.4 Å². The maximum atomic E-state index is 10.2. The van der Waals surface area contributed by atoms with Gasteiger partial charge in [0, 0.05) is 11.1 Å². The molecule has 0 aliphatic rings. The topological polar surface area (TPSA) is 84.7 Å². The Morgan fingerprint density at radius 1 is 1.31 bits per heavy atom. The summed E-state index contributed by atoms with van der Waals surface area (Å²) in [5, 5.41) is 21.5. The minimum Gasteiger partial charge on any atom is -0.504 e. The number of nitrogens with zero attached hydrogens (tertiary/aromatic N) is 3. The van der Waals surface area contributed by atoms with Crippen LogP contribution in [0.2, 0.25) is 0 Å². The minimum atomic E-state index is 0.00802. The lowest BCUT2D eigenvalue weighted by atomic mass is 10.2. The predicted molar refractivity (Wildman–Crippen MR) is 102 cm³/mol. The van der Waals surface area contributed by atoms with Crippen molar-refractivity contribution in [3.05, 3.63) is 52.8 Å². The maximum Gasteiger partial charge on any atom is 0.216 e. The van der Waals surface area contributed by atoms with E-state index in [4.69, 9.17) is 21.7 Å². The molecule has 7 nitrogen and oxygen atoms in total. The van der Waals surface area contributed by atoms with Gasteiger partial charge in [-0.1, -0.05) is 18.2 Å². The van der Waals surface area contributed by atoms with Crippen LogP contribution in [-0.2, 0) is 0 Å². The molecule has 0 saturated carbocycles. The normalized spacial score (nSPS) is 11.0. The van der Waals surface area contributed by atoms with Crippen molar-refractivity contribution in [1.29, 1.82) is 0 Å². The van der Waals surface area contributed by atoms with Gasteiger partial charge in [0.1, 0.15) is 5.75 Å². The van der Waals surface area contributed by atoms with Crippen LogP contribution in [0, 0.1) is 4.77 Å². The highest BCUT2D eigenvalue weighted by Gasteiger charge is 2.10. The van der Waals surface area contributed by atoms with Crippen LogP contribution in [-0.4, -0.2) is 39.9 Å². The van der Waals surface area contributed by atoms with Gasteiger partial charge in [0.25, 0.3) is 0 Å². The molecular weight excluding hydrogens is 352 g/mol. The Bertz CT molecular complexity index is 994. The standard InChI is InChI=1S/C18H18N4O3S/c1-3-25-14-8-4-6-12(10-14)17-20-21-18(26)22(17)19-11-13-7-5-9-15(24-2)16(13)23/h4-11,23H,3H2,1-2H3,(H,21,26)/b19-11+. The van der Waals surface area contributed by atoms with Crippen LogP contribution in [0.3, 0.4) is 0 Å². The number of ether oxygens (including phenoxy) is 2. The van der Waals surface area contributed by atoms with Crippen molar-refractivity contribution in [1.82, 2.24) is 14.9 Å². The Morgan fingerprint density at radius 3 is 2.88 bits per heavy atom. The van der Waals surface area contributed by atoms with Crippen LogP contribution in [0.1, 0.15) is 12.5 Å². The van der Waals surface area contributed by atoms with Gasteiger partial charge in [0.05, 0.1) is 19.9 Å². The molecule has 0 atom stereocenters. The van der Waals surface area contributed by atoms with Gasteiger partial charge >= 0.3 is 0 Å². The lowest BCUT2D eigenvalue weighted by Gasteiger charge is -2.06. The molecule has 3 aromatic rings. The second-order valence-electron chi connectivity index (χ2n) is 5.27. The molecule has 134 valence electrons. The number of nitrogens with one attached hydrogen (secondary N) is 1. The number of benzene rings is 2. The highest BCUT2D eigenvalue weighted by molar-refractivity contribution is 7.71. The summed E-state index contributed by atoms with van der Waals surface area (Å²) < 4.78 is 12.4. The van der Waals surface area contributed by atoms with E-state index in [0.29, 0.717) is 28.5 Å². The fourth-order valence-corrected chi connectivity index (χ4v) is 2.58. The van der Waals surface area contributed by atoms with E-state index < -0.39 is 0 Å². The Labute approximate surface area is 155 Å². The van der Waals surface area contributed by atoms with Crippen LogP contribution in [0.5, 0.6) is 17.2 Å². The van der Waals surface area contributed by atoms with Crippen LogP contribution >= 0.6 is 12.2 Å². The second kappa shape index (κ2) is 7.83. The molecule has 3 rings (SSSR count). The van der Waals surface area contributed by atoms with E-state index in [1.165, 1.54) is 18.0 Å². The first-order valence-corrected chi connectivity index (χ1v) is 8.35. The number of phenols is 1. The molecule has 0 unspecified atom stereocenters. The molecule has 0 aliphatic carbocycles. The zero-order valence-electron chi connectivity index (χ0n) is 14.3. The Morgan fingerprint density at radius 2 is 2.12 bits per heavy atom. The molecule has 26 heavy (non-hydrogen) atoms. The smallest absolute Gasteiger partial charge is 0.216 e. The Hall–Kier alpha value is -3.13. The predicted octanol–water partition coefficient (Wildman–Crippen LogP) is 3.60. The second-order valence-corrected chi connectivity index (χ2v) is 5.65. The van der Waals surface area contributed by atoms with E-state index in [9.17, 15) is 5.11 Å². The number of rotatable bonds is 6. The van der Waals surface area contributed by atoms with Crippen LogP contribution in [0.25, 0.3) is 11.4 Å². The van der Waals surface area contributed by atoms with E-state index in [2.05, 4.69) is 15.3 Å². The number of aromatic nitrogens is 3. The molecule has 0 bridgehead atoms. The van der Waals surface area contributed by atoms with Gasteiger partial charge in [-0.25, -0.2) is 5.10 Å². The zero-order valence-corrected chi connectivity index (χ0v) is 15.2. The van der Waals surface area contributed by atoms with Gasteiger partial charge < -0.3 is 14.6 Å². The number of aromatic amines is 1. The fraction of sp³-hybridized carbons (Fsp3) is 0.167. The summed E-state index contributed by atoms with van der Waals surface area (Å²) in [5.41, 5.74) is 1.30. The van der Waals surface area contributed by atoms with E-state index in [1.54, 1.807) is 18.2 Å². The van der Waals surface area contributed by atoms with Crippen molar-refractivity contribution in [2.45, 2.75) is 6.92 Å². The molecule has 0 aliphatic heterocycles. The molecule has 1 heterocycles. The first-order valence-electron chi connectivity index (χ1n) is 7.95. The van der Waals surface area contributed by atoms with Crippen molar-refractivity contribution in [2.75, 3.05) is 13.7 Å². The first kappa shape index (κ1) is 17.7. The molecule has 0 radical (unpaired) electrons. The van der Waals surface area contributed by atoms with Crippen molar-refractivity contribution in [3.8, 4) is 28.6 Å². The van der Waals surface area contributed by atoms with E-state index in [1.807, 2.05) is 31.2 Å². The third-order valence-corrected chi connectivity index (χ3v) is 3.88. The third kappa shape index (κ3) is 3.60. The summed E-state index contributed by atoms with van der Waals surface area (Å²) in [6.07, 6.45) is 1.50. The number of phenolic OH excluding ortho intramolecular Hbond substituents is 1. The number of aromatic hydroxyl groups is 1. The van der Waals surface area contributed by atoms with Crippen LogP contribution in [0.4, 0.5) is 0 Å². The molecule has 1 aromatic heterocycles. The van der Waals surface area contributed by atoms with E-state index >= 15 is 0 Å². The number of H-pyrrole nitrogens is 1. The summed E-state index contributed by atoms with van der Waals surface area (Å²) in [6, 6.07) is 12.7. The summed E-state index contributed by atoms with van der Waals surface area (Å²) in [4.78, 5) is 0. The number of hydrogen-bond acceptors (Lipinski definition) is 6. The molecule has 2 N–H and O–H groups in total. The Kier molecular flexibility index (Phi) is 5.33.